The van der Waals surface area contributed by atoms with Gasteiger partial charge in [-0.2, -0.15) is 0 Å². The molecule has 0 saturated carbocycles. The molecule has 1 aromatic rings. The molecule has 1 rings (SSSR count). The maximum atomic E-state index is 13.2. The Bertz CT molecular complexity index is 430. The van der Waals surface area contributed by atoms with Gasteiger partial charge in [0.25, 0.3) is 0 Å². The fourth-order valence-electron chi connectivity index (χ4n) is 2.39. The molecule has 20 heavy (non-hydrogen) atoms. The van der Waals surface area contributed by atoms with Gasteiger partial charge in [0.15, 0.2) is 0 Å². The van der Waals surface area contributed by atoms with Crippen LogP contribution in [-0.2, 0) is 6.54 Å². The number of hydrogen-bond acceptors (Lipinski definition) is 4. The van der Waals surface area contributed by atoms with Crippen LogP contribution in [0.4, 0.5) is 4.39 Å². The van der Waals surface area contributed by atoms with Crippen molar-refractivity contribution in [2.24, 2.45) is 0 Å². The normalized spacial score (nSPS) is 13.1. The summed E-state index contributed by atoms with van der Waals surface area (Å²) in [7, 11) is 2.39. The molecule has 0 radical (unpaired) electrons. The van der Waals surface area contributed by atoms with Gasteiger partial charge in [-0.1, -0.05) is 13.0 Å². The van der Waals surface area contributed by atoms with E-state index in [1.807, 2.05) is 14.1 Å². The van der Waals surface area contributed by atoms with Crippen molar-refractivity contribution in [2.45, 2.75) is 26.4 Å². The molecule has 0 fully saturated rings. The maximum absolute atomic E-state index is 13.2. The summed E-state index contributed by atoms with van der Waals surface area (Å²) in [6.07, 6.45) is 0. The highest BCUT2D eigenvalue weighted by atomic mass is 19.1. The maximum Gasteiger partial charge on any atom is 0.488 e. The molecule has 0 aliphatic rings. The van der Waals surface area contributed by atoms with E-state index in [2.05, 4.69) is 23.6 Å². The third-order valence-electron chi connectivity index (χ3n) is 3.42. The first-order valence-electron chi connectivity index (χ1n) is 6.88. The fourth-order valence-corrected chi connectivity index (χ4v) is 2.39. The van der Waals surface area contributed by atoms with E-state index in [0.29, 0.717) is 12.6 Å². The molecule has 0 aliphatic heterocycles. The zero-order valence-electron chi connectivity index (χ0n) is 12.7. The van der Waals surface area contributed by atoms with E-state index >= 15 is 0 Å². The van der Waals surface area contributed by atoms with Crippen LogP contribution in [0, 0.1) is 5.82 Å². The van der Waals surface area contributed by atoms with E-state index in [1.54, 1.807) is 6.07 Å². The summed E-state index contributed by atoms with van der Waals surface area (Å²) in [4.78, 5) is 4.33. The lowest BCUT2D eigenvalue weighted by Gasteiger charge is -2.30. The quantitative estimate of drug-likeness (QED) is 0.705. The summed E-state index contributed by atoms with van der Waals surface area (Å²) in [6, 6.07) is 4.48. The average molecular weight is 282 g/mol. The summed E-state index contributed by atoms with van der Waals surface area (Å²) in [5.74, 6) is -0.457. The van der Waals surface area contributed by atoms with Gasteiger partial charge in [0.1, 0.15) is 5.82 Å². The zero-order valence-corrected chi connectivity index (χ0v) is 12.7. The van der Waals surface area contributed by atoms with Crippen LogP contribution in [0.3, 0.4) is 0 Å². The van der Waals surface area contributed by atoms with Crippen molar-refractivity contribution in [1.29, 1.82) is 0 Å². The first-order valence-corrected chi connectivity index (χ1v) is 6.88. The molecule has 0 spiro atoms. The minimum atomic E-state index is -1.65. The Morgan fingerprint density at radius 3 is 2.45 bits per heavy atom. The Morgan fingerprint density at radius 1 is 1.30 bits per heavy atom. The van der Waals surface area contributed by atoms with Crippen LogP contribution in [-0.4, -0.2) is 60.2 Å². The van der Waals surface area contributed by atoms with Gasteiger partial charge >= 0.3 is 7.12 Å². The number of nitrogens with zero attached hydrogens (tertiary/aromatic N) is 2. The first-order chi connectivity index (χ1) is 9.35. The lowest BCUT2D eigenvalue weighted by molar-refractivity contribution is 0.174. The van der Waals surface area contributed by atoms with Crippen LogP contribution >= 0.6 is 0 Å². The summed E-state index contributed by atoms with van der Waals surface area (Å²) in [5, 5.41) is 18.7. The van der Waals surface area contributed by atoms with Crippen molar-refractivity contribution in [3.05, 3.63) is 29.6 Å². The van der Waals surface area contributed by atoms with E-state index in [1.165, 1.54) is 12.1 Å². The van der Waals surface area contributed by atoms with Crippen molar-refractivity contribution < 1.29 is 14.4 Å². The minimum Gasteiger partial charge on any atom is -0.423 e. The predicted molar refractivity (Wildman–Crippen MR) is 80.3 cm³/mol. The van der Waals surface area contributed by atoms with E-state index < -0.39 is 12.9 Å². The summed E-state index contributed by atoms with van der Waals surface area (Å²) < 4.78 is 13.2. The van der Waals surface area contributed by atoms with Crippen molar-refractivity contribution in [3.8, 4) is 0 Å². The second-order valence-corrected chi connectivity index (χ2v) is 5.39. The number of halogens is 1. The molecule has 2 N–H and O–H groups in total. The van der Waals surface area contributed by atoms with Crippen molar-refractivity contribution in [3.63, 3.8) is 0 Å². The van der Waals surface area contributed by atoms with Crippen molar-refractivity contribution >= 4 is 12.6 Å². The van der Waals surface area contributed by atoms with Crippen LogP contribution in [0.15, 0.2) is 18.2 Å². The first kappa shape index (κ1) is 17.1. The molecular formula is C14H24BFN2O2. The standard InChI is InChI=1S/C14H24BFN2O2/c1-5-18(11(2)9-17(3)4)10-12-6-7-13(16)8-14(12)15(19)20/h6-8,11,19-20H,5,9-10H2,1-4H3. The number of hydrogen-bond donors (Lipinski definition) is 2. The second kappa shape index (κ2) is 7.74. The molecule has 0 heterocycles. The molecule has 1 aromatic carbocycles. The molecule has 6 heteroatoms. The van der Waals surface area contributed by atoms with Crippen LogP contribution in [0.5, 0.6) is 0 Å². The number of likely N-dealkylation sites (N-methyl/N-ethyl adjacent to an activating group) is 2. The van der Waals surface area contributed by atoms with Gasteiger partial charge in [0.05, 0.1) is 0 Å². The number of benzene rings is 1. The molecule has 4 nitrogen and oxygen atoms in total. The molecule has 112 valence electrons. The highest BCUT2D eigenvalue weighted by Gasteiger charge is 2.20. The van der Waals surface area contributed by atoms with Gasteiger partial charge in [-0.25, -0.2) is 4.39 Å². The van der Waals surface area contributed by atoms with E-state index in [9.17, 15) is 14.4 Å². The van der Waals surface area contributed by atoms with E-state index in [4.69, 9.17) is 0 Å². The largest absolute Gasteiger partial charge is 0.488 e. The Kier molecular flexibility index (Phi) is 6.62. The monoisotopic (exact) mass is 282 g/mol. The highest BCUT2D eigenvalue weighted by Crippen LogP contribution is 2.09. The smallest absolute Gasteiger partial charge is 0.423 e. The third-order valence-corrected chi connectivity index (χ3v) is 3.42. The molecule has 0 bridgehead atoms. The minimum absolute atomic E-state index is 0.237. The molecule has 0 aliphatic carbocycles. The summed E-state index contributed by atoms with van der Waals surface area (Å²) in [6.45, 7) is 6.50. The van der Waals surface area contributed by atoms with Crippen LogP contribution in [0.1, 0.15) is 19.4 Å². The SMILES string of the molecule is CCN(Cc1ccc(F)cc1B(O)O)C(C)CN(C)C. The molecule has 0 amide bonds. The van der Waals surface area contributed by atoms with Crippen LogP contribution in [0.25, 0.3) is 0 Å². The van der Waals surface area contributed by atoms with E-state index in [0.717, 1.165) is 18.7 Å². The Balaban J connectivity index is 2.89. The summed E-state index contributed by atoms with van der Waals surface area (Å²) >= 11 is 0. The fraction of sp³-hybridized carbons (Fsp3) is 0.571. The van der Waals surface area contributed by atoms with Crippen LogP contribution < -0.4 is 5.46 Å². The molecule has 1 atom stereocenters. The van der Waals surface area contributed by atoms with Gasteiger partial charge < -0.3 is 14.9 Å². The van der Waals surface area contributed by atoms with E-state index in [-0.39, 0.29) is 5.46 Å². The summed E-state index contributed by atoms with van der Waals surface area (Å²) in [5.41, 5.74) is 0.981. The van der Waals surface area contributed by atoms with Gasteiger partial charge in [-0.3, -0.25) is 4.90 Å². The molecule has 1 unspecified atom stereocenters. The molecular weight excluding hydrogens is 258 g/mol. The highest BCUT2D eigenvalue weighted by molar-refractivity contribution is 6.59. The van der Waals surface area contributed by atoms with Gasteiger partial charge in [-0.05, 0) is 50.7 Å². The number of rotatable bonds is 7. The van der Waals surface area contributed by atoms with Gasteiger partial charge in [0, 0.05) is 19.1 Å². The predicted octanol–water partition coefficient (Wildman–Crippen LogP) is 0.277. The topological polar surface area (TPSA) is 46.9 Å². The third kappa shape index (κ3) is 4.87. The van der Waals surface area contributed by atoms with Crippen LogP contribution in [0.2, 0.25) is 0 Å². The Labute approximate surface area is 121 Å². The average Bonchev–Trinajstić information content (AvgIpc) is 2.36. The lowest BCUT2D eigenvalue weighted by atomic mass is 9.76. The van der Waals surface area contributed by atoms with Gasteiger partial charge in [-0.15, -0.1) is 0 Å². The Morgan fingerprint density at radius 2 is 1.95 bits per heavy atom. The molecule has 0 saturated heterocycles. The van der Waals surface area contributed by atoms with Crippen molar-refractivity contribution in [1.82, 2.24) is 9.80 Å². The van der Waals surface area contributed by atoms with Crippen molar-refractivity contribution in [2.75, 3.05) is 27.2 Å². The lowest BCUT2D eigenvalue weighted by Crippen LogP contribution is -2.42. The zero-order chi connectivity index (χ0) is 15.3. The second-order valence-electron chi connectivity index (χ2n) is 5.39. The van der Waals surface area contributed by atoms with Gasteiger partial charge in [0.2, 0.25) is 0 Å². The molecule has 0 aromatic heterocycles. The Hall–Kier alpha value is -0.945.